The summed E-state index contributed by atoms with van der Waals surface area (Å²) in [6.07, 6.45) is 4.07. The van der Waals surface area contributed by atoms with Gasteiger partial charge in [0.1, 0.15) is 11.6 Å². The molecule has 1 unspecified atom stereocenters. The fourth-order valence-electron chi connectivity index (χ4n) is 4.66. The lowest BCUT2D eigenvalue weighted by Gasteiger charge is -2.31. The molecule has 0 N–H and O–H groups in total. The summed E-state index contributed by atoms with van der Waals surface area (Å²) in [5.74, 6) is 1.33. The molecular formula is C31H35N3O3. The second-order valence-electron chi connectivity index (χ2n) is 9.28. The molecular weight excluding hydrogens is 462 g/mol. The van der Waals surface area contributed by atoms with Crippen molar-refractivity contribution in [3.8, 4) is 11.4 Å². The Labute approximate surface area is 218 Å². The van der Waals surface area contributed by atoms with Gasteiger partial charge in [-0.05, 0) is 61.7 Å². The summed E-state index contributed by atoms with van der Waals surface area (Å²) in [6.45, 7) is 4.74. The highest BCUT2D eigenvalue weighted by atomic mass is 16.5. The molecule has 0 fully saturated rings. The number of unbranched alkanes of at least 4 members (excludes halogenated alkanes) is 2. The molecule has 4 rings (SSSR count). The van der Waals surface area contributed by atoms with Crippen molar-refractivity contribution in [3.63, 3.8) is 0 Å². The Hall–Kier alpha value is -3.93. The number of aryl methyl sites for hydroxylation is 1. The van der Waals surface area contributed by atoms with E-state index in [4.69, 9.17) is 9.72 Å². The Kier molecular flexibility index (Phi) is 8.72. The molecule has 0 aliphatic heterocycles. The van der Waals surface area contributed by atoms with Crippen molar-refractivity contribution < 1.29 is 9.53 Å². The fourth-order valence-corrected chi connectivity index (χ4v) is 4.66. The summed E-state index contributed by atoms with van der Waals surface area (Å²) >= 11 is 0. The lowest BCUT2D eigenvalue weighted by molar-refractivity contribution is -0.133. The van der Waals surface area contributed by atoms with Gasteiger partial charge in [0, 0.05) is 13.0 Å². The Morgan fingerprint density at radius 1 is 0.973 bits per heavy atom. The van der Waals surface area contributed by atoms with Gasteiger partial charge in [0.2, 0.25) is 5.91 Å². The molecule has 0 bridgehead atoms. The minimum absolute atomic E-state index is 0.0659. The van der Waals surface area contributed by atoms with Gasteiger partial charge in [-0.15, -0.1) is 0 Å². The molecule has 4 aromatic rings. The van der Waals surface area contributed by atoms with Crippen LogP contribution in [0, 0.1) is 0 Å². The van der Waals surface area contributed by atoms with E-state index in [0.717, 1.165) is 24.8 Å². The average molecular weight is 498 g/mol. The van der Waals surface area contributed by atoms with E-state index in [1.54, 1.807) is 17.7 Å². The van der Waals surface area contributed by atoms with Crippen LogP contribution in [-0.4, -0.2) is 34.0 Å². The molecule has 0 saturated heterocycles. The number of nitrogens with zero attached hydrogens (tertiary/aromatic N) is 3. The van der Waals surface area contributed by atoms with Gasteiger partial charge in [-0.25, -0.2) is 4.98 Å². The summed E-state index contributed by atoms with van der Waals surface area (Å²) < 4.78 is 6.96. The number of para-hydroxylation sites is 1. The first-order chi connectivity index (χ1) is 18.0. The normalized spacial score (nSPS) is 11.9. The predicted molar refractivity (Wildman–Crippen MR) is 148 cm³/mol. The van der Waals surface area contributed by atoms with Crippen molar-refractivity contribution in [2.24, 2.45) is 0 Å². The minimum Gasteiger partial charge on any atom is -0.497 e. The maximum atomic E-state index is 13.8. The molecule has 3 aromatic carbocycles. The van der Waals surface area contributed by atoms with E-state index < -0.39 is 0 Å². The Morgan fingerprint density at radius 2 is 1.68 bits per heavy atom. The molecule has 0 aliphatic carbocycles. The first-order valence-corrected chi connectivity index (χ1v) is 13.0. The zero-order valence-electron chi connectivity index (χ0n) is 21.9. The van der Waals surface area contributed by atoms with Crippen molar-refractivity contribution in [2.75, 3.05) is 13.7 Å². The minimum atomic E-state index is -0.389. The monoisotopic (exact) mass is 497 g/mol. The van der Waals surface area contributed by atoms with Gasteiger partial charge in [0.05, 0.1) is 29.7 Å². The maximum absolute atomic E-state index is 13.8. The Morgan fingerprint density at radius 3 is 2.38 bits per heavy atom. The number of hydrogen-bond acceptors (Lipinski definition) is 4. The van der Waals surface area contributed by atoms with Crippen molar-refractivity contribution in [1.82, 2.24) is 14.5 Å². The van der Waals surface area contributed by atoms with E-state index in [1.165, 1.54) is 0 Å². The third-order valence-electron chi connectivity index (χ3n) is 6.77. The van der Waals surface area contributed by atoms with Crippen LogP contribution in [0.4, 0.5) is 0 Å². The van der Waals surface area contributed by atoms with Gasteiger partial charge in [0.15, 0.2) is 0 Å². The molecule has 37 heavy (non-hydrogen) atoms. The van der Waals surface area contributed by atoms with E-state index in [1.807, 2.05) is 84.6 Å². The quantitative estimate of drug-likeness (QED) is 0.235. The number of fused-ring (bicyclic) bond motifs is 1. The largest absolute Gasteiger partial charge is 0.497 e. The molecule has 6 heteroatoms. The van der Waals surface area contributed by atoms with Gasteiger partial charge in [-0.1, -0.05) is 62.2 Å². The lowest BCUT2D eigenvalue weighted by atomic mass is 10.1. The van der Waals surface area contributed by atoms with Crippen LogP contribution >= 0.6 is 0 Å². The number of rotatable bonds is 11. The standard InChI is InChI=1S/C31H35N3O3/c1-4-5-11-22-33(29(35)21-16-24-12-7-6-8-13-24)23(2)30-32-28-15-10-9-14-27(28)31(36)34(30)25-17-19-26(37-3)20-18-25/h6-10,12-15,17-20,23H,4-5,11,16,21-22H2,1-3H3. The summed E-state index contributed by atoms with van der Waals surface area (Å²) in [4.78, 5) is 34.2. The van der Waals surface area contributed by atoms with Gasteiger partial charge < -0.3 is 9.64 Å². The predicted octanol–water partition coefficient (Wildman–Crippen LogP) is 6.11. The van der Waals surface area contributed by atoms with Crippen LogP contribution in [0.15, 0.2) is 83.7 Å². The van der Waals surface area contributed by atoms with E-state index in [0.29, 0.717) is 47.6 Å². The number of carbonyl (C=O) groups is 1. The number of carbonyl (C=O) groups excluding carboxylic acids is 1. The molecule has 1 atom stereocenters. The van der Waals surface area contributed by atoms with E-state index >= 15 is 0 Å². The number of aromatic nitrogens is 2. The molecule has 1 aromatic heterocycles. The molecule has 0 spiro atoms. The van der Waals surface area contributed by atoms with Crippen LogP contribution in [0.1, 0.15) is 57.0 Å². The number of hydrogen-bond donors (Lipinski definition) is 0. The van der Waals surface area contributed by atoms with E-state index in [2.05, 4.69) is 6.92 Å². The zero-order valence-corrected chi connectivity index (χ0v) is 21.9. The van der Waals surface area contributed by atoms with Crippen molar-refractivity contribution in [1.29, 1.82) is 0 Å². The average Bonchev–Trinajstić information content (AvgIpc) is 2.94. The summed E-state index contributed by atoms with van der Waals surface area (Å²) in [5.41, 5.74) is 2.30. The third kappa shape index (κ3) is 6.08. The van der Waals surface area contributed by atoms with Gasteiger partial charge in [0.25, 0.3) is 5.56 Å². The number of methoxy groups -OCH3 is 1. The zero-order chi connectivity index (χ0) is 26.2. The SMILES string of the molecule is CCCCCN(C(=O)CCc1ccccc1)C(C)c1nc2ccccc2c(=O)n1-c1ccc(OC)cc1. The first-order valence-electron chi connectivity index (χ1n) is 13.0. The van der Waals surface area contributed by atoms with Gasteiger partial charge >= 0.3 is 0 Å². The van der Waals surface area contributed by atoms with Crippen molar-refractivity contribution in [3.05, 3.63) is 101 Å². The lowest BCUT2D eigenvalue weighted by Crippen LogP contribution is -2.38. The summed E-state index contributed by atoms with van der Waals surface area (Å²) in [5, 5.41) is 0.544. The Balaban J connectivity index is 1.75. The second-order valence-corrected chi connectivity index (χ2v) is 9.28. The molecule has 0 aliphatic rings. The molecule has 192 valence electrons. The van der Waals surface area contributed by atoms with Gasteiger partial charge in [-0.2, -0.15) is 0 Å². The van der Waals surface area contributed by atoms with E-state index in [-0.39, 0.29) is 17.5 Å². The summed E-state index contributed by atoms with van der Waals surface area (Å²) in [7, 11) is 1.61. The van der Waals surface area contributed by atoms with Crippen LogP contribution in [-0.2, 0) is 11.2 Å². The van der Waals surface area contributed by atoms with Crippen molar-refractivity contribution in [2.45, 2.75) is 52.0 Å². The van der Waals surface area contributed by atoms with Gasteiger partial charge in [-0.3, -0.25) is 14.2 Å². The molecule has 0 saturated carbocycles. The highest BCUT2D eigenvalue weighted by Gasteiger charge is 2.26. The van der Waals surface area contributed by atoms with Crippen molar-refractivity contribution >= 4 is 16.8 Å². The number of amides is 1. The van der Waals surface area contributed by atoms with Crippen LogP contribution in [0.5, 0.6) is 5.75 Å². The topological polar surface area (TPSA) is 64.4 Å². The molecule has 0 radical (unpaired) electrons. The third-order valence-corrected chi connectivity index (χ3v) is 6.77. The maximum Gasteiger partial charge on any atom is 0.266 e. The Bertz CT molecular complexity index is 1380. The second kappa shape index (κ2) is 12.3. The highest BCUT2D eigenvalue weighted by Crippen LogP contribution is 2.25. The summed E-state index contributed by atoms with van der Waals surface area (Å²) in [6, 6.07) is 24.4. The molecule has 6 nitrogen and oxygen atoms in total. The molecule has 1 amide bonds. The smallest absolute Gasteiger partial charge is 0.266 e. The van der Waals surface area contributed by atoms with Crippen LogP contribution in [0.2, 0.25) is 0 Å². The number of ether oxygens (including phenoxy) is 1. The molecule has 1 heterocycles. The van der Waals surface area contributed by atoms with E-state index in [9.17, 15) is 9.59 Å². The van der Waals surface area contributed by atoms with Crippen LogP contribution < -0.4 is 10.3 Å². The first kappa shape index (κ1) is 26.1. The van der Waals surface area contributed by atoms with Crippen LogP contribution in [0.25, 0.3) is 16.6 Å². The van der Waals surface area contributed by atoms with Crippen LogP contribution in [0.3, 0.4) is 0 Å². The fraction of sp³-hybridized carbons (Fsp3) is 0.323. The highest BCUT2D eigenvalue weighted by molar-refractivity contribution is 5.79. The number of benzene rings is 3.